The Morgan fingerprint density at radius 2 is 0.960 bits per heavy atom. The van der Waals surface area contributed by atoms with Gasteiger partial charge in [0.2, 0.25) is 0 Å². The predicted molar refractivity (Wildman–Crippen MR) is 99.1 cm³/mol. The monoisotopic (exact) mass is 357 g/mol. The van der Waals surface area contributed by atoms with Crippen LogP contribution in [-0.2, 0) is 4.57 Å². The van der Waals surface area contributed by atoms with E-state index in [2.05, 4.69) is 78.1 Å². The molecule has 0 saturated heterocycles. The molecule has 0 fully saturated rings. The van der Waals surface area contributed by atoms with Crippen LogP contribution in [0.4, 0.5) is 5.69 Å². The standard InChI is InChI=1S/C19H17N.H3O4P/c1-4-10-16(11-5-1)19(17-12-6-2-7-13-17)20-18-14-8-3-9-15-18;1-5(2,3)4/h1-15,19-20H;(H3,1,2,3,4). The van der Waals surface area contributed by atoms with Gasteiger partial charge in [0, 0.05) is 5.69 Å². The second kappa shape index (κ2) is 9.16. The lowest BCUT2D eigenvalue weighted by Gasteiger charge is -2.21. The Morgan fingerprint density at radius 1 is 0.640 bits per heavy atom. The molecule has 0 unspecified atom stereocenters. The summed E-state index contributed by atoms with van der Waals surface area (Å²) >= 11 is 0. The number of hydrogen-bond donors (Lipinski definition) is 4. The zero-order valence-electron chi connectivity index (χ0n) is 13.4. The van der Waals surface area contributed by atoms with E-state index >= 15 is 0 Å². The maximum Gasteiger partial charge on any atom is 0.466 e. The summed E-state index contributed by atoms with van der Waals surface area (Å²) in [5.74, 6) is 0. The largest absolute Gasteiger partial charge is 0.466 e. The molecule has 0 atom stereocenters. The van der Waals surface area contributed by atoms with Crippen molar-refractivity contribution < 1.29 is 19.2 Å². The number of anilines is 1. The van der Waals surface area contributed by atoms with Crippen LogP contribution in [0.25, 0.3) is 0 Å². The van der Waals surface area contributed by atoms with E-state index in [1.165, 1.54) is 11.1 Å². The third-order valence-electron chi connectivity index (χ3n) is 3.35. The third-order valence-corrected chi connectivity index (χ3v) is 3.35. The number of nitrogens with one attached hydrogen (secondary N) is 1. The van der Waals surface area contributed by atoms with Gasteiger partial charge in [0.05, 0.1) is 6.04 Å². The van der Waals surface area contributed by atoms with Crippen LogP contribution in [0, 0.1) is 0 Å². The van der Waals surface area contributed by atoms with Crippen LogP contribution in [0.3, 0.4) is 0 Å². The van der Waals surface area contributed by atoms with Gasteiger partial charge in [0.15, 0.2) is 0 Å². The molecule has 0 radical (unpaired) electrons. The van der Waals surface area contributed by atoms with Crippen LogP contribution in [0.1, 0.15) is 17.2 Å². The molecule has 130 valence electrons. The minimum absolute atomic E-state index is 0.166. The maximum atomic E-state index is 8.88. The SMILES string of the molecule is O=P(O)(O)O.c1ccc(NC(c2ccccc2)c2ccccc2)cc1. The van der Waals surface area contributed by atoms with E-state index in [4.69, 9.17) is 19.2 Å². The molecular weight excluding hydrogens is 337 g/mol. The van der Waals surface area contributed by atoms with Crippen molar-refractivity contribution in [3.05, 3.63) is 102 Å². The summed E-state index contributed by atoms with van der Waals surface area (Å²) in [7, 11) is -4.64. The summed E-state index contributed by atoms with van der Waals surface area (Å²) in [6.45, 7) is 0. The molecule has 4 N–H and O–H groups in total. The van der Waals surface area contributed by atoms with Gasteiger partial charge in [-0.2, -0.15) is 0 Å². The van der Waals surface area contributed by atoms with Crippen LogP contribution in [0.15, 0.2) is 91.0 Å². The lowest BCUT2D eigenvalue weighted by Crippen LogP contribution is -2.12. The molecule has 0 aliphatic heterocycles. The average Bonchev–Trinajstić information content (AvgIpc) is 2.61. The summed E-state index contributed by atoms with van der Waals surface area (Å²) in [6, 6.07) is 31.6. The molecule has 6 heteroatoms. The van der Waals surface area contributed by atoms with Gasteiger partial charge in [-0.1, -0.05) is 78.9 Å². The normalized spacial score (nSPS) is 10.7. The fourth-order valence-electron chi connectivity index (χ4n) is 2.35. The van der Waals surface area contributed by atoms with Gasteiger partial charge in [0.1, 0.15) is 0 Å². The van der Waals surface area contributed by atoms with Crippen molar-refractivity contribution in [3.8, 4) is 0 Å². The predicted octanol–water partition coefficient (Wildman–Crippen LogP) is 3.96. The molecule has 3 rings (SSSR count). The molecular formula is C19H20NO4P. The van der Waals surface area contributed by atoms with Crippen molar-refractivity contribution in [1.29, 1.82) is 0 Å². The van der Waals surface area contributed by atoms with Crippen molar-refractivity contribution in [1.82, 2.24) is 0 Å². The van der Waals surface area contributed by atoms with E-state index in [9.17, 15) is 0 Å². The average molecular weight is 357 g/mol. The van der Waals surface area contributed by atoms with Gasteiger partial charge in [0.25, 0.3) is 0 Å². The minimum atomic E-state index is -4.64. The second-order valence-corrected chi connectivity index (χ2v) is 6.30. The lowest BCUT2D eigenvalue weighted by atomic mass is 9.98. The van der Waals surface area contributed by atoms with Crippen LogP contribution in [0.2, 0.25) is 0 Å². The van der Waals surface area contributed by atoms with Crippen molar-refractivity contribution in [3.63, 3.8) is 0 Å². The number of rotatable bonds is 4. The molecule has 0 bridgehead atoms. The molecule has 0 amide bonds. The van der Waals surface area contributed by atoms with E-state index in [-0.39, 0.29) is 6.04 Å². The highest BCUT2D eigenvalue weighted by atomic mass is 31.2. The summed E-state index contributed by atoms with van der Waals surface area (Å²) in [4.78, 5) is 21.6. The van der Waals surface area contributed by atoms with Gasteiger partial charge < -0.3 is 20.0 Å². The number of phosphoric acid groups is 1. The van der Waals surface area contributed by atoms with E-state index in [1.54, 1.807) is 0 Å². The first-order chi connectivity index (χ1) is 11.9. The molecule has 0 saturated carbocycles. The van der Waals surface area contributed by atoms with Crippen molar-refractivity contribution in [2.75, 3.05) is 5.32 Å². The van der Waals surface area contributed by atoms with E-state index in [1.807, 2.05) is 18.2 Å². The van der Waals surface area contributed by atoms with E-state index in [0.717, 1.165) is 5.69 Å². The molecule has 0 aliphatic carbocycles. The minimum Gasteiger partial charge on any atom is -0.374 e. The Kier molecular flexibility index (Phi) is 6.92. The topological polar surface area (TPSA) is 89.8 Å². The van der Waals surface area contributed by atoms with E-state index < -0.39 is 7.82 Å². The van der Waals surface area contributed by atoms with Gasteiger partial charge in [-0.05, 0) is 23.3 Å². The van der Waals surface area contributed by atoms with Crippen LogP contribution in [-0.4, -0.2) is 14.7 Å². The van der Waals surface area contributed by atoms with Gasteiger partial charge in [-0.15, -0.1) is 0 Å². The molecule has 25 heavy (non-hydrogen) atoms. The Balaban J connectivity index is 0.000000399. The quantitative estimate of drug-likeness (QED) is 0.531. The van der Waals surface area contributed by atoms with E-state index in [0.29, 0.717) is 0 Å². The van der Waals surface area contributed by atoms with Crippen molar-refractivity contribution in [2.24, 2.45) is 0 Å². The molecule has 0 spiro atoms. The molecule has 3 aromatic carbocycles. The summed E-state index contributed by atoms with van der Waals surface area (Å²) < 4.78 is 8.88. The number of para-hydroxylation sites is 1. The van der Waals surface area contributed by atoms with Crippen molar-refractivity contribution >= 4 is 13.5 Å². The Labute approximate surface area is 146 Å². The highest BCUT2D eigenvalue weighted by Gasteiger charge is 2.12. The van der Waals surface area contributed by atoms with Crippen LogP contribution < -0.4 is 5.32 Å². The number of hydrogen-bond acceptors (Lipinski definition) is 2. The van der Waals surface area contributed by atoms with Gasteiger partial charge in [-0.3, -0.25) is 0 Å². The highest BCUT2D eigenvalue weighted by Crippen LogP contribution is 2.26. The Bertz CT molecular complexity index is 744. The molecule has 0 aliphatic rings. The third kappa shape index (κ3) is 7.33. The smallest absolute Gasteiger partial charge is 0.374 e. The molecule has 5 nitrogen and oxygen atoms in total. The second-order valence-electron chi connectivity index (χ2n) is 5.28. The molecule has 0 heterocycles. The first kappa shape index (κ1) is 18.9. The summed E-state index contributed by atoms with van der Waals surface area (Å²) in [5, 5.41) is 3.61. The van der Waals surface area contributed by atoms with Crippen LogP contribution >= 0.6 is 7.82 Å². The first-order valence-corrected chi connectivity index (χ1v) is 9.20. The zero-order valence-corrected chi connectivity index (χ0v) is 14.3. The van der Waals surface area contributed by atoms with Gasteiger partial charge >= 0.3 is 7.82 Å². The summed E-state index contributed by atoms with van der Waals surface area (Å²) in [6.07, 6.45) is 0. The Morgan fingerprint density at radius 3 is 1.32 bits per heavy atom. The first-order valence-electron chi connectivity index (χ1n) is 7.63. The van der Waals surface area contributed by atoms with Crippen molar-refractivity contribution in [2.45, 2.75) is 6.04 Å². The summed E-state index contributed by atoms with van der Waals surface area (Å²) in [5.41, 5.74) is 3.66. The lowest BCUT2D eigenvalue weighted by molar-refractivity contribution is 0.275. The number of benzene rings is 3. The Hall–Kier alpha value is -2.43. The molecule has 0 aromatic heterocycles. The fourth-order valence-corrected chi connectivity index (χ4v) is 2.35. The fraction of sp³-hybridized carbons (Fsp3) is 0.0526. The molecule has 3 aromatic rings. The zero-order chi connectivity index (χ0) is 18.1. The maximum absolute atomic E-state index is 8.88. The van der Waals surface area contributed by atoms with Gasteiger partial charge in [-0.25, -0.2) is 4.57 Å². The highest BCUT2D eigenvalue weighted by molar-refractivity contribution is 7.45. The van der Waals surface area contributed by atoms with Crippen LogP contribution in [0.5, 0.6) is 0 Å².